The highest BCUT2D eigenvalue weighted by molar-refractivity contribution is 6.39. The van der Waals surface area contributed by atoms with Gasteiger partial charge in [-0.15, -0.1) is 5.10 Å². The number of hydrogen-bond donors (Lipinski definition) is 2. The number of aliphatic hydroxyl groups is 2. The molecule has 2 bridgehead atoms. The number of ketones is 3. The molecule has 2 N–H and O–H groups in total. The van der Waals surface area contributed by atoms with Crippen LogP contribution < -0.4 is 0 Å². The van der Waals surface area contributed by atoms with Crippen molar-refractivity contribution < 1.29 is 57.9 Å². The number of allylic oxidation sites excluding steroid dienone is 6. The first-order valence-corrected chi connectivity index (χ1v) is 25.0. The number of esters is 1. The molecule has 3 fully saturated rings. The third-order valence-corrected chi connectivity index (χ3v) is 15.2. The maximum Gasteiger partial charge on any atom is 0.329 e. The lowest BCUT2D eigenvalue weighted by molar-refractivity contribution is -0.265. The van der Waals surface area contributed by atoms with E-state index in [2.05, 4.69) is 15.5 Å². The molecular formula is C52H79N5O12. The van der Waals surface area contributed by atoms with Gasteiger partial charge in [0.05, 0.1) is 24.4 Å². The van der Waals surface area contributed by atoms with Crippen LogP contribution in [0.2, 0.25) is 0 Å². The van der Waals surface area contributed by atoms with Crippen LogP contribution in [0.4, 0.5) is 0 Å². The smallest absolute Gasteiger partial charge is 0.329 e. The molecule has 0 unspecified atom stereocenters. The van der Waals surface area contributed by atoms with Crippen molar-refractivity contribution in [1.82, 2.24) is 25.1 Å². The Morgan fingerprint density at radius 3 is 2.32 bits per heavy atom. The van der Waals surface area contributed by atoms with Gasteiger partial charge in [0.2, 0.25) is 5.79 Å². The van der Waals surface area contributed by atoms with E-state index < -0.39 is 77.8 Å². The predicted molar refractivity (Wildman–Crippen MR) is 256 cm³/mol. The highest BCUT2D eigenvalue weighted by Gasteiger charge is 2.53. The Labute approximate surface area is 408 Å². The molecule has 17 heteroatoms. The van der Waals surface area contributed by atoms with Crippen molar-refractivity contribution >= 4 is 29.2 Å². The molecular weight excluding hydrogens is 887 g/mol. The number of aliphatic hydroxyl groups excluding tert-OH is 1. The van der Waals surface area contributed by atoms with Crippen LogP contribution in [0.5, 0.6) is 0 Å². The molecule has 4 aliphatic rings. The maximum absolute atomic E-state index is 14.5. The van der Waals surface area contributed by atoms with Gasteiger partial charge in [-0.3, -0.25) is 19.2 Å². The summed E-state index contributed by atoms with van der Waals surface area (Å²) in [6, 6.07) is -1.19. The lowest BCUT2D eigenvalue weighted by Gasteiger charge is -2.42. The molecule has 15 atom stereocenters. The lowest BCUT2D eigenvalue weighted by atomic mass is 9.77. The minimum absolute atomic E-state index is 0.0170. The number of fused-ring (bicyclic) bond motifs is 3. The molecule has 1 amide bonds. The first-order chi connectivity index (χ1) is 32.8. The van der Waals surface area contributed by atoms with Gasteiger partial charge in [-0.2, -0.15) is 0 Å². The Hall–Kier alpha value is -4.26. The van der Waals surface area contributed by atoms with Crippen LogP contribution in [-0.4, -0.2) is 141 Å². The standard InChI is InChI=1S/C52H79N5O12/c1-31-16-12-11-13-17-32(2)43(65-8)28-39-21-19-37(7)52(64,69-39)49(61)50(62)56-23-15-14-18-41(56)51(63)68-44(34(4)26-38-20-22-40(45(27-38)66-9)57-30-53-54-55-57)29-42(58)33(3)25-36(6)47(60)48(67-10)46(59)35(5)24-31/h11-13,16-17,25,30-31,33-35,37-41,43-45,47-48,60,64H,14-15,18-24,26-29H2,1-10H3/b13-11+,16-12+,32-17+,36-25+/t31-,33+,34-,35-,37+,38+,39-,40-,41-,43-,44+,45-,47-,48+,52+/m0/s1. The van der Waals surface area contributed by atoms with Gasteiger partial charge in [-0.1, -0.05) is 71.1 Å². The van der Waals surface area contributed by atoms with Crippen LogP contribution >= 0.6 is 0 Å². The quantitative estimate of drug-likeness (QED) is 0.181. The normalized spacial score (nSPS) is 38.8. The summed E-state index contributed by atoms with van der Waals surface area (Å²) in [5.74, 6) is -7.92. The van der Waals surface area contributed by atoms with E-state index in [1.807, 2.05) is 58.1 Å². The number of aromatic nitrogens is 4. The predicted octanol–water partition coefficient (Wildman–Crippen LogP) is 6.05. The first kappa shape index (κ1) is 55.7. The Morgan fingerprint density at radius 1 is 0.884 bits per heavy atom. The third-order valence-electron chi connectivity index (χ3n) is 15.2. The molecule has 5 rings (SSSR count). The fourth-order valence-corrected chi connectivity index (χ4v) is 10.7. The molecule has 1 aliphatic carbocycles. The molecule has 69 heavy (non-hydrogen) atoms. The largest absolute Gasteiger partial charge is 0.460 e. The molecule has 384 valence electrons. The minimum atomic E-state index is -2.43. The summed E-state index contributed by atoms with van der Waals surface area (Å²) < 4.78 is 31.6. The number of amides is 1. The monoisotopic (exact) mass is 966 g/mol. The average molecular weight is 966 g/mol. The molecule has 0 radical (unpaired) electrons. The summed E-state index contributed by atoms with van der Waals surface area (Å²) in [6.07, 6.45) is 13.9. The van der Waals surface area contributed by atoms with Crippen molar-refractivity contribution in [2.75, 3.05) is 27.9 Å². The van der Waals surface area contributed by atoms with E-state index in [1.54, 1.807) is 52.1 Å². The zero-order valence-electron chi connectivity index (χ0n) is 42.5. The minimum Gasteiger partial charge on any atom is -0.460 e. The molecule has 1 aromatic heterocycles. The van der Waals surface area contributed by atoms with Crippen molar-refractivity contribution in [1.29, 1.82) is 0 Å². The van der Waals surface area contributed by atoms with Crippen LogP contribution in [0.15, 0.2) is 53.9 Å². The van der Waals surface area contributed by atoms with E-state index in [-0.39, 0.29) is 60.9 Å². The zero-order chi connectivity index (χ0) is 50.6. The molecule has 1 saturated carbocycles. The second-order valence-electron chi connectivity index (χ2n) is 20.4. The van der Waals surface area contributed by atoms with E-state index >= 15 is 0 Å². The number of tetrazole rings is 1. The van der Waals surface area contributed by atoms with Crippen molar-refractivity contribution in [2.45, 2.75) is 180 Å². The number of nitrogens with zero attached hydrogens (tertiary/aromatic N) is 5. The molecule has 0 spiro atoms. The van der Waals surface area contributed by atoms with Gasteiger partial charge in [0, 0.05) is 58.5 Å². The maximum atomic E-state index is 14.5. The number of hydrogen-bond acceptors (Lipinski definition) is 15. The third kappa shape index (κ3) is 14.2. The van der Waals surface area contributed by atoms with Gasteiger partial charge < -0.3 is 38.8 Å². The van der Waals surface area contributed by atoms with E-state index in [9.17, 15) is 34.2 Å². The molecule has 2 saturated heterocycles. The number of Topliss-reactive ketones (excluding diaryl/α,β-unsaturated/α-hetero) is 3. The van der Waals surface area contributed by atoms with Crippen LogP contribution in [0, 0.1) is 35.5 Å². The van der Waals surface area contributed by atoms with Crippen LogP contribution in [0.3, 0.4) is 0 Å². The van der Waals surface area contributed by atoms with E-state index in [1.165, 1.54) is 12.0 Å². The summed E-state index contributed by atoms with van der Waals surface area (Å²) in [5.41, 5.74) is 1.27. The number of rotatable bonds is 7. The summed E-state index contributed by atoms with van der Waals surface area (Å²) in [7, 11) is 4.62. The highest BCUT2D eigenvalue weighted by atomic mass is 16.6. The van der Waals surface area contributed by atoms with E-state index in [0.29, 0.717) is 56.9 Å². The van der Waals surface area contributed by atoms with Gasteiger partial charge in [0.15, 0.2) is 5.78 Å². The molecule has 17 nitrogen and oxygen atoms in total. The Morgan fingerprint density at radius 2 is 1.64 bits per heavy atom. The van der Waals surface area contributed by atoms with Crippen molar-refractivity contribution in [3.63, 3.8) is 0 Å². The summed E-state index contributed by atoms with van der Waals surface area (Å²) in [5, 5.41) is 35.2. The molecule has 3 aliphatic heterocycles. The molecule has 1 aromatic rings. The number of carbonyl (C=O) groups is 5. The summed E-state index contributed by atoms with van der Waals surface area (Å²) in [4.78, 5) is 72.3. The number of cyclic esters (lactones) is 1. The average Bonchev–Trinajstić information content (AvgIpc) is 3.88. The summed E-state index contributed by atoms with van der Waals surface area (Å²) >= 11 is 0. The second-order valence-corrected chi connectivity index (χ2v) is 20.4. The van der Waals surface area contributed by atoms with Crippen molar-refractivity contribution in [3.05, 3.63) is 53.9 Å². The number of piperidine rings is 1. The fraction of sp³-hybridized carbons (Fsp3) is 0.731. The fourth-order valence-electron chi connectivity index (χ4n) is 10.7. The van der Waals surface area contributed by atoms with Gasteiger partial charge >= 0.3 is 5.97 Å². The highest BCUT2D eigenvalue weighted by Crippen LogP contribution is 2.39. The van der Waals surface area contributed by atoms with Crippen LogP contribution in [0.1, 0.15) is 132 Å². The van der Waals surface area contributed by atoms with Crippen LogP contribution in [-0.2, 0) is 47.7 Å². The second kappa shape index (κ2) is 25.7. The van der Waals surface area contributed by atoms with E-state index in [0.717, 1.165) is 18.4 Å². The van der Waals surface area contributed by atoms with Gasteiger partial charge in [0.25, 0.3) is 11.7 Å². The lowest BCUT2D eigenvalue weighted by Crippen LogP contribution is -2.61. The topological polar surface area (TPSA) is 219 Å². The SMILES string of the molecule is CO[C@H]1C[C@@H]2CC[C@@H](C)[C@@](O)(O2)C(=O)C(=O)N2CCCC[C@H]2C(=O)O[C@@H]([C@@H](C)C[C@H]2CC[C@H](n3cnnn3)[C@@H](OC)C2)CC(=O)[C@H](C)/C=C(\C)[C@H](O)[C@H](OC)C(=O)[C@@H](C)C[C@@H](C)/C=C/C=C/C=C/1C. The Balaban J connectivity index is 1.46. The molecule has 0 aromatic carbocycles. The van der Waals surface area contributed by atoms with Gasteiger partial charge in [-0.05, 0) is 117 Å². The van der Waals surface area contributed by atoms with Crippen LogP contribution in [0.25, 0.3) is 0 Å². The number of ether oxygens (including phenoxy) is 5. The van der Waals surface area contributed by atoms with Gasteiger partial charge in [0.1, 0.15) is 36.5 Å². The van der Waals surface area contributed by atoms with Crippen molar-refractivity contribution in [3.8, 4) is 0 Å². The number of methoxy groups -OCH3 is 3. The zero-order valence-corrected chi connectivity index (χ0v) is 42.5. The Bertz CT molecular complexity index is 2020. The van der Waals surface area contributed by atoms with E-state index in [4.69, 9.17) is 23.7 Å². The first-order valence-electron chi connectivity index (χ1n) is 25.0. The Kier molecular flexibility index (Phi) is 20.8. The van der Waals surface area contributed by atoms with Crippen molar-refractivity contribution in [2.24, 2.45) is 35.5 Å². The molecule has 4 heterocycles. The number of carbonyl (C=O) groups excluding carboxylic acids is 5. The summed E-state index contributed by atoms with van der Waals surface area (Å²) in [6.45, 7) is 12.8. The van der Waals surface area contributed by atoms with Gasteiger partial charge in [-0.25, -0.2) is 9.48 Å².